The number of aryl methyl sites for hydroxylation is 2. The fraction of sp³-hybridized carbons (Fsp3) is 0.700. The van der Waals surface area contributed by atoms with Crippen molar-refractivity contribution in [2.45, 2.75) is 78.2 Å². The summed E-state index contributed by atoms with van der Waals surface area (Å²) < 4.78 is 0. The van der Waals surface area contributed by atoms with Gasteiger partial charge in [0.2, 0.25) is 0 Å². The minimum atomic E-state index is -0.0436. The third-order valence-corrected chi connectivity index (χ3v) is 5.34. The normalized spacial score (nSPS) is 25.6. The van der Waals surface area contributed by atoms with Crippen molar-refractivity contribution < 1.29 is 0 Å². The van der Waals surface area contributed by atoms with E-state index in [-0.39, 0.29) is 5.54 Å². The second-order valence-electron chi connectivity index (χ2n) is 9.35. The van der Waals surface area contributed by atoms with Crippen molar-refractivity contribution >= 4 is 0 Å². The van der Waals surface area contributed by atoms with Crippen LogP contribution in [0.3, 0.4) is 0 Å². The van der Waals surface area contributed by atoms with E-state index in [2.05, 4.69) is 45.9 Å². The number of benzene rings is 1. The smallest absolute Gasteiger partial charge is 0.0205 e. The summed E-state index contributed by atoms with van der Waals surface area (Å²) in [6.45, 7) is 9.55. The van der Waals surface area contributed by atoms with Gasteiger partial charge in [-0.1, -0.05) is 45.9 Å². The number of fused-ring (bicyclic) bond motifs is 1. The molecule has 2 N–H and O–H groups in total. The van der Waals surface area contributed by atoms with Crippen LogP contribution in [0.25, 0.3) is 0 Å². The summed E-state index contributed by atoms with van der Waals surface area (Å²) in [5.74, 6) is 0. The SMILES string of the molecule is CC1(C)CC(C)(C)CC(N)(Cc2ccc3c(c2)CCC3)C1. The molecule has 0 saturated heterocycles. The maximum atomic E-state index is 6.89. The largest absolute Gasteiger partial charge is 0.325 e. The van der Waals surface area contributed by atoms with Gasteiger partial charge in [0.25, 0.3) is 0 Å². The zero-order valence-electron chi connectivity index (χ0n) is 14.3. The van der Waals surface area contributed by atoms with Crippen molar-refractivity contribution in [3.05, 3.63) is 34.9 Å². The summed E-state index contributed by atoms with van der Waals surface area (Å²) >= 11 is 0. The molecule has 0 spiro atoms. The topological polar surface area (TPSA) is 26.0 Å². The number of rotatable bonds is 2. The highest BCUT2D eigenvalue weighted by atomic mass is 14.8. The first-order valence-electron chi connectivity index (χ1n) is 8.56. The number of hydrogen-bond acceptors (Lipinski definition) is 1. The van der Waals surface area contributed by atoms with Crippen LogP contribution in [0.15, 0.2) is 18.2 Å². The van der Waals surface area contributed by atoms with E-state index in [1.807, 2.05) is 0 Å². The highest BCUT2D eigenvalue weighted by Crippen LogP contribution is 2.50. The molecule has 2 aliphatic carbocycles. The standard InChI is InChI=1S/C20H31N/c1-18(2)12-19(3,4)14-20(21,13-18)11-15-8-9-16-6-5-7-17(16)10-15/h8-10H,5-7,11-14,21H2,1-4H3. The summed E-state index contributed by atoms with van der Waals surface area (Å²) in [5.41, 5.74) is 12.1. The highest BCUT2D eigenvalue weighted by molar-refractivity contribution is 5.36. The first-order valence-corrected chi connectivity index (χ1v) is 8.56. The van der Waals surface area contributed by atoms with Gasteiger partial charge in [0.05, 0.1) is 0 Å². The Kier molecular flexibility index (Phi) is 3.48. The molecular formula is C20H31N. The molecule has 0 bridgehead atoms. The third kappa shape index (κ3) is 3.34. The molecular weight excluding hydrogens is 254 g/mol. The van der Waals surface area contributed by atoms with Crippen LogP contribution < -0.4 is 5.73 Å². The van der Waals surface area contributed by atoms with Crippen molar-refractivity contribution in [1.29, 1.82) is 0 Å². The Hall–Kier alpha value is -0.820. The van der Waals surface area contributed by atoms with Crippen molar-refractivity contribution in [2.75, 3.05) is 0 Å². The van der Waals surface area contributed by atoms with Crippen molar-refractivity contribution in [3.63, 3.8) is 0 Å². The molecule has 3 rings (SSSR count). The second-order valence-corrected chi connectivity index (χ2v) is 9.35. The highest BCUT2D eigenvalue weighted by Gasteiger charge is 2.45. The van der Waals surface area contributed by atoms with Crippen LogP contribution in [0, 0.1) is 10.8 Å². The Morgan fingerprint density at radius 3 is 2.19 bits per heavy atom. The third-order valence-electron chi connectivity index (χ3n) is 5.34. The van der Waals surface area contributed by atoms with Gasteiger partial charge in [-0.15, -0.1) is 0 Å². The minimum absolute atomic E-state index is 0.0436. The van der Waals surface area contributed by atoms with Gasteiger partial charge >= 0.3 is 0 Å². The van der Waals surface area contributed by atoms with Crippen LogP contribution >= 0.6 is 0 Å². The number of hydrogen-bond donors (Lipinski definition) is 1. The monoisotopic (exact) mass is 285 g/mol. The summed E-state index contributed by atoms with van der Waals surface area (Å²) in [5, 5.41) is 0. The fourth-order valence-electron chi connectivity index (χ4n) is 5.66. The average Bonchev–Trinajstić information content (AvgIpc) is 2.69. The molecule has 2 aliphatic rings. The maximum absolute atomic E-state index is 6.89. The molecule has 0 unspecified atom stereocenters. The van der Waals surface area contributed by atoms with Crippen molar-refractivity contribution in [3.8, 4) is 0 Å². The van der Waals surface area contributed by atoms with Crippen LogP contribution in [0.1, 0.15) is 70.1 Å². The van der Waals surface area contributed by atoms with Crippen LogP contribution in [0.2, 0.25) is 0 Å². The molecule has 116 valence electrons. The Labute approximate surface area is 130 Å². The van der Waals surface area contributed by atoms with E-state index in [4.69, 9.17) is 5.73 Å². The second kappa shape index (κ2) is 4.84. The first kappa shape index (κ1) is 15.1. The van der Waals surface area contributed by atoms with Gasteiger partial charge in [-0.05, 0) is 72.5 Å². The van der Waals surface area contributed by atoms with Crippen LogP contribution in [-0.4, -0.2) is 5.54 Å². The van der Waals surface area contributed by atoms with E-state index in [0.717, 1.165) is 19.3 Å². The van der Waals surface area contributed by atoms with Gasteiger partial charge in [0.15, 0.2) is 0 Å². The van der Waals surface area contributed by atoms with Gasteiger partial charge in [0, 0.05) is 5.54 Å². The Bertz CT molecular complexity index is 523. The van der Waals surface area contributed by atoms with Crippen LogP contribution in [0.4, 0.5) is 0 Å². The van der Waals surface area contributed by atoms with Crippen LogP contribution in [-0.2, 0) is 19.3 Å². The van der Waals surface area contributed by atoms with Gasteiger partial charge in [0.1, 0.15) is 0 Å². The average molecular weight is 285 g/mol. The van der Waals surface area contributed by atoms with E-state index in [9.17, 15) is 0 Å². The molecule has 0 aliphatic heterocycles. The molecule has 0 heterocycles. The van der Waals surface area contributed by atoms with E-state index < -0.39 is 0 Å². The molecule has 21 heavy (non-hydrogen) atoms. The Balaban J connectivity index is 1.82. The molecule has 0 atom stereocenters. The summed E-state index contributed by atoms with van der Waals surface area (Å²) in [7, 11) is 0. The fourth-order valence-corrected chi connectivity index (χ4v) is 5.66. The summed E-state index contributed by atoms with van der Waals surface area (Å²) in [4.78, 5) is 0. The van der Waals surface area contributed by atoms with Gasteiger partial charge < -0.3 is 5.73 Å². The molecule has 1 nitrogen and oxygen atoms in total. The minimum Gasteiger partial charge on any atom is -0.325 e. The van der Waals surface area contributed by atoms with Crippen molar-refractivity contribution in [2.24, 2.45) is 16.6 Å². The quantitative estimate of drug-likeness (QED) is 0.841. The lowest BCUT2D eigenvalue weighted by atomic mass is 9.57. The lowest BCUT2D eigenvalue weighted by molar-refractivity contribution is 0.0487. The Morgan fingerprint density at radius 1 is 0.905 bits per heavy atom. The lowest BCUT2D eigenvalue weighted by Crippen LogP contribution is -2.53. The molecule has 1 aromatic carbocycles. The van der Waals surface area contributed by atoms with E-state index >= 15 is 0 Å². The molecule has 1 saturated carbocycles. The molecule has 1 heteroatoms. The summed E-state index contributed by atoms with van der Waals surface area (Å²) in [6, 6.07) is 7.11. The Morgan fingerprint density at radius 2 is 1.52 bits per heavy atom. The van der Waals surface area contributed by atoms with Gasteiger partial charge in [-0.3, -0.25) is 0 Å². The van der Waals surface area contributed by atoms with E-state index in [0.29, 0.717) is 10.8 Å². The molecule has 0 amide bonds. The van der Waals surface area contributed by atoms with Crippen molar-refractivity contribution in [1.82, 2.24) is 0 Å². The molecule has 1 fully saturated rings. The maximum Gasteiger partial charge on any atom is 0.0205 e. The predicted octanol–water partition coefficient (Wildman–Crippen LogP) is 4.65. The van der Waals surface area contributed by atoms with Crippen LogP contribution in [0.5, 0.6) is 0 Å². The lowest BCUT2D eigenvalue weighted by Gasteiger charge is -2.50. The zero-order chi connectivity index (χ0) is 15.3. The first-order chi connectivity index (χ1) is 9.67. The summed E-state index contributed by atoms with van der Waals surface area (Å²) in [6.07, 6.45) is 8.45. The number of nitrogens with two attached hydrogens (primary N) is 1. The van der Waals surface area contributed by atoms with Gasteiger partial charge in [-0.2, -0.15) is 0 Å². The zero-order valence-corrected chi connectivity index (χ0v) is 14.3. The van der Waals surface area contributed by atoms with E-state index in [1.165, 1.54) is 31.2 Å². The van der Waals surface area contributed by atoms with E-state index in [1.54, 1.807) is 11.1 Å². The molecule has 1 aromatic rings. The molecule has 0 aromatic heterocycles. The predicted molar refractivity (Wildman–Crippen MR) is 90.5 cm³/mol. The van der Waals surface area contributed by atoms with Gasteiger partial charge in [-0.25, -0.2) is 0 Å². The molecule has 0 radical (unpaired) electrons.